The van der Waals surface area contributed by atoms with E-state index in [1.807, 2.05) is 0 Å². The van der Waals surface area contributed by atoms with E-state index in [-0.39, 0.29) is 6.54 Å². The van der Waals surface area contributed by atoms with E-state index in [0.29, 0.717) is 6.54 Å². The Morgan fingerprint density at radius 2 is 2.44 bits per heavy atom. The van der Waals surface area contributed by atoms with Crippen molar-refractivity contribution in [3.63, 3.8) is 0 Å². The highest BCUT2D eigenvalue weighted by molar-refractivity contribution is 5.75. The summed E-state index contributed by atoms with van der Waals surface area (Å²) < 4.78 is 0. The van der Waals surface area contributed by atoms with Crippen LogP contribution in [0.25, 0.3) is 0 Å². The van der Waals surface area contributed by atoms with Crippen molar-refractivity contribution >= 4 is 5.91 Å². The number of primary amides is 1. The van der Waals surface area contributed by atoms with Gasteiger partial charge < -0.3 is 16.2 Å². The molecule has 0 aliphatic rings. The van der Waals surface area contributed by atoms with E-state index in [9.17, 15) is 4.79 Å². The van der Waals surface area contributed by atoms with Crippen LogP contribution in [-0.2, 0) is 4.79 Å². The van der Waals surface area contributed by atoms with Crippen molar-refractivity contribution < 1.29 is 9.90 Å². The lowest BCUT2D eigenvalue weighted by Gasteiger charge is -2.02. The Hall–Kier alpha value is -0.610. The standard InChI is InChI=1S/C5H12N2O2/c1-4(8)2-7-3-5(6)9/h4,7-8H,2-3H2,1H3,(H2,6,9)/t4-/m1/s1. The third-order valence-corrected chi connectivity index (χ3v) is 0.739. The normalized spacial score (nSPS) is 13.1. The number of aliphatic hydroxyl groups excluding tert-OH is 1. The first kappa shape index (κ1) is 8.39. The lowest BCUT2D eigenvalue weighted by Crippen LogP contribution is -2.33. The number of nitrogens with one attached hydrogen (secondary N) is 1. The van der Waals surface area contributed by atoms with Crippen LogP contribution in [0, 0.1) is 0 Å². The summed E-state index contributed by atoms with van der Waals surface area (Å²) in [5, 5.41) is 11.3. The zero-order valence-corrected chi connectivity index (χ0v) is 5.42. The Bertz CT molecular complexity index is 93.0. The monoisotopic (exact) mass is 132 g/mol. The molecule has 1 atom stereocenters. The van der Waals surface area contributed by atoms with E-state index in [0.717, 1.165) is 0 Å². The molecule has 1 amide bonds. The van der Waals surface area contributed by atoms with E-state index in [1.165, 1.54) is 0 Å². The van der Waals surface area contributed by atoms with E-state index in [4.69, 9.17) is 10.8 Å². The van der Waals surface area contributed by atoms with Gasteiger partial charge in [-0.25, -0.2) is 0 Å². The van der Waals surface area contributed by atoms with Gasteiger partial charge in [-0.1, -0.05) is 0 Å². The largest absolute Gasteiger partial charge is 0.392 e. The number of carbonyl (C=O) groups is 1. The van der Waals surface area contributed by atoms with Gasteiger partial charge in [0.1, 0.15) is 0 Å². The highest BCUT2D eigenvalue weighted by Gasteiger charge is 1.95. The van der Waals surface area contributed by atoms with E-state index in [2.05, 4.69) is 5.32 Å². The van der Waals surface area contributed by atoms with Gasteiger partial charge in [-0.3, -0.25) is 4.79 Å². The predicted octanol–water partition coefficient (Wildman–Crippen LogP) is -1.56. The Balaban J connectivity index is 3.01. The molecule has 0 unspecified atom stereocenters. The SMILES string of the molecule is C[C@@H](O)CNCC(N)=O. The quantitative estimate of drug-likeness (QED) is 0.433. The molecule has 0 aliphatic carbocycles. The van der Waals surface area contributed by atoms with Crippen LogP contribution in [0.3, 0.4) is 0 Å². The summed E-state index contributed by atoms with van der Waals surface area (Å²) in [5.41, 5.74) is 4.80. The lowest BCUT2D eigenvalue weighted by molar-refractivity contribution is -0.117. The van der Waals surface area contributed by atoms with Gasteiger partial charge in [0.05, 0.1) is 12.6 Å². The van der Waals surface area contributed by atoms with Crippen molar-refractivity contribution in [2.45, 2.75) is 13.0 Å². The van der Waals surface area contributed by atoms with Gasteiger partial charge in [-0.2, -0.15) is 0 Å². The minimum atomic E-state index is -0.427. The fourth-order valence-electron chi connectivity index (χ4n) is 0.404. The van der Waals surface area contributed by atoms with Gasteiger partial charge >= 0.3 is 0 Å². The van der Waals surface area contributed by atoms with Crippen molar-refractivity contribution in [3.05, 3.63) is 0 Å². The zero-order valence-electron chi connectivity index (χ0n) is 5.42. The maximum atomic E-state index is 10.1. The Kier molecular flexibility index (Phi) is 4.00. The molecular formula is C5H12N2O2. The molecule has 0 aromatic heterocycles. The summed E-state index contributed by atoms with van der Waals surface area (Å²) in [4.78, 5) is 10.1. The van der Waals surface area contributed by atoms with Gasteiger partial charge in [0.15, 0.2) is 0 Å². The smallest absolute Gasteiger partial charge is 0.231 e. The van der Waals surface area contributed by atoms with Gasteiger partial charge in [0.25, 0.3) is 0 Å². The first-order chi connectivity index (χ1) is 4.13. The molecule has 54 valence electrons. The van der Waals surface area contributed by atoms with Gasteiger partial charge in [0, 0.05) is 6.54 Å². The summed E-state index contributed by atoms with van der Waals surface area (Å²) >= 11 is 0. The molecule has 4 nitrogen and oxygen atoms in total. The first-order valence-corrected chi connectivity index (χ1v) is 2.80. The average molecular weight is 132 g/mol. The number of rotatable bonds is 4. The van der Waals surface area contributed by atoms with E-state index >= 15 is 0 Å². The molecule has 4 N–H and O–H groups in total. The molecule has 0 aliphatic heterocycles. The average Bonchev–Trinajstić information content (AvgIpc) is 1.63. The minimum Gasteiger partial charge on any atom is -0.392 e. The Morgan fingerprint density at radius 1 is 1.89 bits per heavy atom. The molecule has 9 heavy (non-hydrogen) atoms. The molecule has 0 spiro atoms. The molecule has 4 heteroatoms. The third-order valence-electron chi connectivity index (χ3n) is 0.739. The second kappa shape index (κ2) is 4.29. The topological polar surface area (TPSA) is 75.3 Å². The summed E-state index contributed by atoms with van der Waals surface area (Å²) in [7, 11) is 0. The highest BCUT2D eigenvalue weighted by Crippen LogP contribution is 1.72. The first-order valence-electron chi connectivity index (χ1n) is 2.80. The number of amides is 1. The molecular weight excluding hydrogens is 120 g/mol. The zero-order chi connectivity index (χ0) is 7.28. The summed E-state index contributed by atoms with van der Waals surface area (Å²) in [5.74, 6) is -0.407. The summed E-state index contributed by atoms with van der Waals surface area (Å²) in [6.45, 7) is 2.17. The van der Waals surface area contributed by atoms with Crippen molar-refractivity contribution in [1.82, 2.24) is 5.32 Å². The van der Waals surface area contributed by atoms with Crippen LogP contribution in [0.4, 0.5) is 0 Å². The van der Waals surface area contributed by atoms with Crippen LogP contribution in [-0.4, -0.2) is 30.2 Å². The maximum absolute atomic E-state index is 10.1. The fourth-order valence-corrected chi connectivity index (χ4v) is 0.404. The molecule has 0 fully saturated rings. The van der Waals surface area contributed by atoms with Crippen LogP contribution in [0.15, 0.2) is 0 Å². The van der Waals surface area contributed by atoms with Crippen LogP contribution in [0.2, 0.25) is 0 Å². The van der Waals surface area contributed by atoms with Crippen LogP contribution >= 0.6 is 0 Å². The molecule has 0 heterocycles. The molecule has 0 radical (unpaired) electrons. The number of aliphatic hydroxyl groups is 1. The second-order valence-electron chi connectivity index (χ2n) is 1.95. The number of nitrogens with two attached hydrogens (primary N) is 1. The molecule has 0 saturated heterocycles. The van der Waals surface area contributed by atoms with E-state index < -0.39 is 12.0 Å². The fraction of sp³-hybridized carbons (Fsp3) is 0.800. The lowest BCUT2D eigenvalue weighted by atomic mass is 10.4. The van der Waals surface area contributed by atoms with Gasteiger partial charge in [0.2, 0.25) is 5.91 Å². The highest BCUT2D eigenvalue weighted by atomic mass is 16.3. The molecule has 0 aromatic carbocycles. The number of hydrogen-bond acceptors (Lipinski definition) is 3. The molecule has 0 rings (SSSR count). The third kappa shape index (κ3) is 7.39. The minimum absolute atomic E-state index is 0.130. The molecule has 0 bridgehead atoms. The van der Waals surface area contributed by atoms with Crippen LogP contribution in [0.1, 0.15) is 6.92 Å². The van der Waals surface area contributed by atoms with Crippen LogP contribution < -0.4 is 11.1 Å². The van der Waals surface area contributed by atoms with Crippen molar-refractivity contribution in [3.8, 4) is 0 Å². The van der Waals surface area contributed by atoms with Gasteiger partial charge in [-0.15, -0.1) is 0 Å². The molecule has 0 aromatic rings. The summed E-state index contributed by atoms with van der Waals surface area (Å²) in [6.07, 6.45) is -0.427. The van der Waals surface area contributed by atoms with Crippen molar-refractivity contribution in [1.29, 1.82) is 0 Å². The molecule has 0 saturated carbocycles. The van der Waals surface area contributed by atoms with Crippen molar-refractivity contribution in [2.24, 2.45) is 5.73 Å². The van der Waals surface area contributed by atoms with Gasteiger partial charge in [-0.05, 0) is 6.92 Å². The maximum Gasteiger partial charge on any atom is 0.231 e. The Labute approximate surface area is 54.0 Å². The van der Waals surface area contributed by atoms with E-state index in [1.54, 1.807) is 6.92 Å². The van der Waals surface area contributed by atoms with Crippen molar-refractivity contribution in [2.75, 3.05) is 13.1 Å². The summed E-state index contributed by atoms with van der Waals surface area (Å²) in [6, 6.07) is 0. The predicted molar refractivity (Wildman–Crippen MR) is 33.7 cm³/mol. The second-order valence-corrected chi connectivity index (χ2v) is 1.95. The number of carbonyl (C=O) groups excluding carboxylic acids is 1. The number of hydrogen-bond donors (Lipinski definition) is 3. The van der Waals surface area contributed by atoms with Crippen LogP contribution in [0.5, 0.6) is 0 Å². The Morgan fingerprint density at radius 3 is 2.78 bits per heavy atom.